The van der Waals surface area contributed by atoms with Gasteiger partial charge < -0.3 is 29.2 Å². The smallest absolute Gasteiger partial charge is 0.293 e. The van der Waals surface area contributed by atoms with Gasteiger partial charge in [0.15, 0.2) is 0 Å². The first-order valence-corrected chi connectivity index (χ1v) is 25.0. The van der Waals surface area contributed by atoms with E-state index in [2.05, 4.69) is 72.5 Å². The third kappa shape index (κ3) is 11.7. The lowest BCUT2D eigenvalue weighted by molar-refractivity contribution is -0.146. The van der Waals surface area contributed by atoms with E-state index in [1.165, 1.54) is 4.90 Å². The number of likely N-dealkylation sites (N-methyl/N-ethyl adjacent to an activating group) is 2. The molecule has 0 unspecified atom stereocenters. The highest BCUT2D eigenvalue weighted by Crippen LogP contribution is 2.42. The van der Waals surface area contributed by atoms with Crippen LogP contribution in [0.5, 0.6) is 0 Å². The number of fused-ring (bicyclic) bond motifs is 1. The van der Waals surface area contributed by atoms with E-state index in [1.807, 2.05) is 78.7 Å². The van der Waals surface area contributed by atoms with Crippen LogP contribution < -0.4 is 10.7 Å². The topological polar surface area (TPSA) is 159 Å². The number of hydrogen-bond acceptors (Lipinski definition) is 10. The third-order valence-electron chi connectivity index (χ3n) is 14.6. The molecule has 2 aromatic carbocycles. The Bertz CT molecular complexity index is 2520. The van der Waals surface area contributed by atoms with E-state index in [4.69, 9.17) is 14.5 Å². The van der Waals surface area contributed by atoms with E-state index < -0.39 is 34.9 Å². The fraction of sp³-hybridized carbons (Fsp3) is 0.564. The minimum absolute atomic E-state index is 0.0379. The van der Waals surface area contributed by atoms with Crippen molar-refractivity contribution >= 4 is 41.0 Å². The summed E-state index contributed by atoms with van der Waals surface area (Å²) in [6.45, 7) is 20.6. The minimum Gasteiger partial charge on any atom is -0.467 e. The number of aryl methyl sites for hydroxylation is 1. The molecule has 0 bridgehead atoms. The first-order chi connectivity index (χ1) is 33.1. The van der Waals surface area contributed by atoms with Crippen LogP contribution in [0, 0.1) is 17.3 Å². The predicted molar refractivity (Wildman–Crippen MR) is 274 cm³/mol. The number of pyridine rings is 1. The van der Waals surface area contributed by atoms with Crippen molar-refractivity contribution in [2.45, 2.75) is 131 Å². The van der Waals surface area contributed by atoms with Crippen LogP contribution in [0.1, 0.15) is 105 Å². The Labute approximate surface area is 415 Å². The molecule has 0 saturated carbocycles. The summed E-state index contributed by atoms with van der Waals surface area (Å²) >= 11 is 0. The van der Waals surface area contributed by atoms with Crippen LogP contribution in [-0.2, 0) is 52.8 Å². The number of ether oxygens (including phenoxy) is 2. The van der Waals surface area contributed by atoms with Crippen LogP contribution >= 0.6 is 0 Å². The maximum Gasteiger partial charge on any atom is 0.293 e. The van der Waals surface area contributed by atoms with Crippen molar-refractivity contribution in [2.24, 2.45) is 17.3 Å². The maximum atomic E-state index is 14.6. The molecule has 0 aliphatic carbocycles. The highest BCUT2D eigenvalue weighted by atomic mass is 16.5. The number of benzene rings is 2. The molecule has 6 rings (SSSR count). The molecule has 2 saturated heterocycles. The molecule has 380 valence electrons. The van der Waals surface area contributed by atoms with Crippen LogP contribution in [0.4, 0.5) is 0 Å². The summed E-state index contributed by atoms with van der Waals surface area (Å²) in [5.41, 5.74) is 10.0. The van der Waals surface area contributed by atoms with Crippen molar-refractivity contribution in [1.29, 1.82) is 0 Å². The number of methoxy groups -OCH3 is 1. The molecule has 2 fully saturated rings. The van der Waals surface area contributed by atoms with Crippen LogP contribution in [0.3, 0.4) is 0 Å². The molecule has 5 atom stereocenters. The van der Waals surface area contributed by atoms with Crippen LogP contribution in [0.25, 0.3) is 33.3 Å². The first-order valence-electron chi connectivity index (χ1n) is 25.0. The summed E-state index contributed by atoms with van der Waals surface area (Å²) in [6, 6.07) is 16.9. The summed E-state index contributed by atoms with van der Waals surface area (Å²) < 4.78 is 13.5. The molecule has 0 radical (unpaired) electrons. The van der Waals surface area contributed by atoms with Crippen molar-refractivity contribution in [2.75, 3.05) is 54.5 Å². The van der Waals surface area contributed by atoms with Gasteiger partial charge in [0.25, 0.3) is 12.4 Å². The fourth-order valence-corrected chi connectivity index (χ4v) is 10.2. The van der Waals surface area contributed by atoms with Gasteiger partial charge in [-0.3, -0.25) is 38.9 Å². The maximum absolute atomic E-state index is 14.6. The van der Waals surface area contributed by atoms with Gasteiger partial charge in [0, 0.05) is 80.9 Å². The normalized spacial score (nSPS) is 18.0. The number of hydrogen-bond donors (Lipinski definition) is 2. The molecule has 15 nitrogen and oxygen atoms in total. The van der Waals surface area contributed by atoms with Gasteiger partial charge in [-0.2, -0.15) is 0 Å². The van der Waals surface area contributed by atoms with Crippen molar-refractivity contribution in [3.63, 3.8) is 0 Å². The number of hydrazine groups is 1. The second-order valence-corrected chi connectivity index (χ2v) is 21.3. The Kier molecular flexibility index (Phi) is 17.4. The summed E-state index contributed by atoms with van der Waals surface area (Å²) in [4.78, 5) is 78.2. The van der Waals surface area contributed by atoms with E-state index in [0.29, 0.717) is 38.9 Å². The van der Waals surface area contributed by atoms with Crippen LogP contribution in [-0.4, -0.2) is 138 Å². The van der Waals surface area contributed by atoms with Crippen LogP contribution in [0.15, 0.2) is 60.8 Å². The van der Waals surface area contributed by atoms with Gasteiger partial charge >= 0.3 is 0 Å². The van der Waals surface area contributed by atoms with E-state index in [1.54, 1.807) is 30.3 Å². The Balaban J connectivity index is 1.34. The summed E-state index contributed by atoms with van der Waals surface area (Å²) in [5, 5.41) is 5.84. The van der Waals surface area contributed by atoms with Gasteiger partial charge in [-0.05, 0) is 127 Å². The average Bonchev–Trinajstić information content (AvgIpc) is 3.94. The number of amides is 4. The summed E-state index contributed by atoms with van der Waals surface area (Å²) in [7, 11) is 7.08. The minimum atomic E-state index is -0.938. The zero-order valence-corrected chi connectivity index (χ0v) is 43.9. The van der Waals surface area contributed by atoms with Gasteiger partial charge in [-0.25, -0.2) is 5.43 Å². The molecule has 4 aromatic rings. The molecule has 2 N–H and O–H groups in total. The number of nitrogens with one attached hydrogen (secondary N) is 2. The lowest BCUT2D eigenvalue weighted by Crippen LogP contribution is -2.61. The van der Waals surface area contributed by atoms with E-state index >= 15 is 0 Å². The Morgan fingerprint density at radius 2 is 1.70 bits per heavy atom. The lowest BCUT2D eigenvalue weighted by atomic mass is 9.84. The lowest BCUT2D eigenvalue weighted by Gasteiger charge is -2.36. The van der Waals surface area contributed by atoms with Gasteiger partial charge in [0.2, 0.25) is 17.7 Å². The number of carbonyl (C=O) groups excluding carboxylic acids is 5. The molecule has 2 aromatic heterocycles. The molecule has 2 aliphatic heterocycles. The number of rotatable bonds is 20. The van der Waals surface area contributed by atoms with Gasteiger partial charge in [-0.15, -0.1) is 0 Å². The Morgan fingerprint density at radius 1 is 0.971 bits per heavy atom. The molecule has 2 aliphatic rings. The second kappa shape index (κ2) is 22.6. The van der Waals surface area contributed by atoms with E-state index in [-0.39, 0.29) is 55.4 Å². The summed E-state index contributed by atoms with van der Waals surface area (Å²) in [5.74, 6) is -1.60. The zero-order chi connectivity index (χ0) is 51.2. The van der Waals surface area contributed by atoms with E-state index in [0.717, 1.165) is 62.9 Å². The number of nitrogens with zero attached hydrogens (tertiary/aromatic N) is 6. The Hall–Kier alpha value is -5.64. The number of carbonyl (C=O) groups is 5. The molecular formula is C55H78N8O7. The fourth-order valence-electron chi connectivity index (χ4n) is 10.2. The highest BCUT2D eigenvalue weighted by Gasteiger charge is 2.42. The first kappa shape index (κ1) is 53.7. The standard InChI is InChI=1S/C55H78N8O7/c1-14-62-46-23-22-40(30-43(46)44(31-54(6,7)33-70-34-64)49(62)42-21-16-25-56-47(42)37(5)69-13)39-20-15-19-38(28-39)29-45(52(67)63-26-17-18-36(4)58-63)57-50(65)48(35(2)3)60(12)51(66)41-24-27-61(32-41)53(68)55(8,9)59(10)11/h15-16,19-23,25,28,30,34-37,41,45,48,58H,14,17-18,24,26-27,29,31-33H2,1-13H3,(H,57,65)/t36-,37+,41+,45+,48+/m1/s1. The molecule has 15 heteroatoms. The molecule has 0 spiro atoms. The predicted octanol–water partition coefficient (Wildman–Crippen LogP) is 7.05. The van der Waals surface area contributed by atoms with Crippen molar-refractivity contribution in [1.82, 2.24) is 40.0 Å². The van der Waals surface area contributed by atoms with Crippen molar-refractivity contribution in [3.05, 3.63) is 77.6 Å². The number of likely N-dealkylation sites (tertiary alicyclic amines) is 1. The van der Waals surface area contributed by atoms with E-state index in [9.17, 15) is 24.0 Å². The quantitative estimate of drug-likeness (QED) is 0.0880. The molecule has 4 heterocycles. The molecule has 4 amide bonds. The van der Waals surface area contributed by atoms with Gasteiger partial charge in [0.1, 0.15) is 12.1 Å². The van der Waals surface area contributed by atoms with Gasteiger partial charge in [0.05, 0.1) is 35.6 Å². The zero-order valence-electron chi connectivity index (χ0n) is 43.9. The SMILES string of the molecule is CCn1c(-c2cccnc2[C@H](C)OC)c(CC(C)(C)COC=O)c2cc(-c3cccc(C[C@H](NC(=O)[C@H](C(C)C)N(C)C(=O)[C@H]4CCN(C(=O)C(C)(C)N(C)C)C4)C(=O)N4CCC[C@@H](C)N4)c3)ccc21. The largest absolute Gasteiger partial charge is 0.467 e. The molecule has 70 heavy (non-hydrogen) atoms. The number of aromatic nitrogens is 2. The van der Waals surface area contributed by atoms with Crippen molar-refractivity contribution < 1.29 is 33.4 Å². The third-order valence-corrected chi connectivity index (χ3v) is 14.6. The molecular weight excluding hydrogens is 885 g/mol. The van der Waals surface area contributed by atoms with Crippen LogP contribution in [0.2, 0.25) is 0 Å². The monoisotopic (exact) mass is 963 g/mol. The van der Waals surface area contributed by atoms with Gasteiger partial charge in [-0.1, -0.05) is 58.0 Å². The highest BCUT2D eigenvalue weighted by molar-refractivity contribution is 5.96. The average molecular weight is 963 g/mol. The summed E-state index contributed by atoms with van der Waals surface area (Å²) in [6.07, 6.45) is 4.62. The Morgan fingerprint density at radius 3 is 2.36 bits per heavy atom. The van der Waals surface area contributed by atoms with Crippen molar-refractivity contribution in [3.8, 4) is 22.4 Å². The second-order valence-electron chi connectivity index (χ2n) is 21.3.